The minimum absolute atomic E-state index is 0.123. The highest BCUT2D eigenvalue weighted by atomic mass is 31.2. The molecule has 1 saturated heterocycles. The van der Waals surface area contributed by atoms with Gasteiger partial charge in [-0.05, 0) is 30.5 Å². The molecule has 3 aromatic carbocycles. The SMILES string of the molecule is CCOP(=O)(C[C@H]1OC(COCc2ccccc2)[C@@H](OCc2ccccc2)[C@@H](OCc2ccccc2)C1O)OCC. The average molecular weight is 585 g/mol. The Balaban J connectivity index is 1.58. The Morgan fingerprint density at radius 2 is 1.15 bits per heavy atom. The molecule has 1 aliphatic rings. The van der Waals surface area contributed by atoms with Crippen LogP contribution in [-0.4, -0.2) is 61.6 Å². The molecular weight excluding hydrogens is 543 g/mol. The van der Waals surface area contributed by atoms with Crippen LogP contribution in [0.5, 0.6) is 0 Å². The summed E-state index contributed by atoms with van der Waals surface area (Å²) in [6.07, 6.45) is -4.24. The highest BCUT2D eigenvalue weighted by Crippen LogP contribution is 2.50. The Bertz CT molecular complexity index is 1170. The number of aliphatic hydroxyl groups is 1. The van der Waals surface area contributed by atoms with Crippen LogP contribution in [0.4, 0.5) is 0 Å². The fourth-order valence-electron chi connectivity index (χ4n) is 4.84. The summed E-state index contributed by atoms with van der Waals surface area (Å²) in [7, 11) is -3.53. The van der Waals surface area contributed by atoms with Crippen LogP contribution in [0.15, 0.2) is 91.0 Å². The van der Waals surface area contributed by atoms with Crippen molar-refractivity contribution in [3.8, 4) is 0 Å². The standard InChI is InChI=1S/C32H41O8P/c1-3-38-41(34,39-4-2)24-29-30(33)32(37-22-27-18-12-7-13-19-27)31(36-21-26-16-10-6-11-17-26)28(40-29)23-35-20-25-14-8-5-9-15-25/h5-19,28-33H,3-4,20-24H2,1-2H3/t28?,29-,30?,31-,32+/m1/s1. The molecule has 0 bridgehead atoms. The number of hydrogen-bond donors (Lipinski definition) is 1. The molecule has 0 aromatic heterocycles. The van der Waals surface area contributed by atoms with Gasteiger partial charge in [0.25, 0.3) is 0 Å². The molecule has 2 unspecified atom stereocenters. The lowest BCUT2D eigenvalue weighted by molar-refractivity contribution is -0.257. The third-order valence-corrected chi connectivity index (χ3v) is 8.89. The minimum Gasteiger partial charge on any atom is -0.388 e. The molecule has 0 amide bonds. The van der Waals surface area contributed by atoms with Gasteiger partial charge in [0.2, 0.25) is 0 Å². The molecule has 0 radical (unpaired) electrons. The summed E-state index contributed by atoms with van der Waals surface area (Å²) in [4.78, 5) is 0. The summed E-state index contributed by atoms with van der Waals surface area (Å²) >= 11 is 0. The molecule has 222 valence electrons. The van der Waals surface area contributed by atoms with E-state index in [1.54, 1.807) is 13.8 Å². The third kappa shape index (κ3) is 9.57. The van der Waals surface area contributed by atoms with Gasteiger partial charge in [-0.15, -0.1) is 0 Å². The predicted molar refractivity (Wildman–Crippen MR) is 157 cm³/mol. The van der Waals surface area contributed by atoms with Gasteiger partial charge in [0.05, 0.1) is 51.9 Å². The molecule has 9 heteroatoms. The van der Waals surface area contributed by atoms with Crippen molar-refractivity contribution >= 4 is 7.60 Å². The van der Waals surface area contributed by atoms with Gasteiger partial charge in [0, 0.05) is 0 Å². The van der Waals surface area contributed by atoms with E-state index in [1.165, 1.54) is 0 Å². The molecule has 1 heterocycles. The number of aliphatic hydroxyl groups excluding tert-OH is 1. The van der Waals surface area contributed by atoms with Crippen LogP contribution in [0.2, 0.25) is 0 Å². The van der Waals surface area contributed by atoms with Crippen LogP contribution in [0.3, 0.4) is 0 Å². The first-order valence-corrected chi connectivity index (χ1v) is 15.9. The maximum atomic E-state index is 13.5. The van der Waals surface area contributed by atoms with Gasteiger partial charge < -0.3 is 33.1 Å². The van der Waals surface area contributed by atoms with Gasteiger partial charge >= 0.3 is 7.60 Å². The summed E-state index contributed by atoms with van der Waals surface area (Å²) in [6, 6.07) is 29.4. The molecule has 1 aliphatic heterocycles. The van der Waals surface area contributed by atoms with Gasteiger partial charge in [-0.2, -0.15) is 0 Å². The van der Waals surface area contributed by atoms with E-state index in [9.17, 15) is 9.67 Å². The molecule has 41 heavy (non-hydrogen) atoms. The molecule has 0 saturated carbocycles. The fourth-order valence-corrected chi connectivity index (χ4v) is 6.65. The Morgan fingerprint density at radius 1 is 0.683 bits per heavy atom. The zero-order valence-corrected chi connectivity index (χ0v) is 24.6. The second kappa shape index (κ2) is 16.3. The van der Waals surface area contributed by atoms with Crippen LogP contribution in [-0.2, 0) is 52.4 Å². The number of benzene rings is 3. The highest BCUT2D eigenvalue weighted by Gasteiger charge is 2.49. The molecule has 8 nitrogen and oxygen atoms in total. The Kier molecular flexibility index (Phi) is 12.5. The average Bonchev–Trinajstić information content (AvgIpc) is 2.99. The summed E-state index contributed by atoms with van der Waals surface area (Å²) in [5.41, 5.74) is 2.96. The first-order chi connectivity index (χ1) is 20.0. The first-order valence-electron chi connectivity index (χ1n) is 14.2. The van der Waals surface area contributed by atoms with E-state index in [2.05, 4.69) is 0 Å². The van der Waals surface area contributed by atoms with E-state index in [4.69, 9.17) is 28.0 Å². The van der Waals surface area contributed by atoms with E-state index < -0.39 is 38.1 Å². The van der Waals surface area contributed by atoms with Crippen molar-refractivity contribution in [2.45, 2.75) is 64.2 Å². The van der Waals surface area contributed by atoms with Gasteiger partial charge in [-0.25, -0.2) is 0 Å². The number of hydrogen-bond acceptors (Lipinski definition) is 8. The second-order valence-corrected chi connectivity index (χ2v) is 12.0. The summed E-state index contributed by atoms with van der Waals surface area (Å²) < 4.78 is 49.8. The summed E-state index contributed by atoms with van der Waals surface area (Å²) in [6.45, 7) is 5.03. The van der Waals surface area contributed by atoms with Gasteiger partial charge in [-0.1, -0.05) is 91.0 Å². The molecule has 5 atom stereocenters. The molecular formula is C32H41O8P. The molecule has 0 spiro atoms. The lowest BCUT2D eigenvalue weighted by atomic mass is 9.95. The van der Waals surface area contributed by atoms with Crippen molar-refractivity contribution in [3.05, 3.63) is 108 Å². The van der Waals surface area contributed by atoms with Crippen molar-refractivity contribution < 1.29 is 37.7 Å². The van der Waals surface area contributed by atoms with Crippen molar-refractivity contribution in [1.82, 2.24) is 0 Å². The van der Waals surface area contributed by atoms with Crippen molar-refractivity contribution in [2.75, 3.05) is 26.0 Å². The van der Waals surface area contributed by atoms with Crippen molar-refractivity contribution in [2.24, 2.45) is 0 Å². The smallest absolute Gasteiger partial charge is 0.333 e. The summed E-state index contributed by atoms with van der Waals surface area (Å²) in [5.74, 6) is 0. The molecule has 1 fully saturated rings. The highest BCUT2D eigenvalue weighted by molar-refractivity contribution is 7.53. The number of rotatable bonds is 16. The van der Waals surface area contributed by atoms with Crippen LogP contribution in [0, 0.1) is 0 Å². The van der Waals surface area contributed by atoms with Crippen LogP contribution in [0.1, 0.15) is 30.5 Å². The second-order valence-electron chi connectivity index (χ2n) is 9.86. The minimum atomic E-state index is -3.53. The largest absolute Gasteiger partial charge is 0.388 e. The Hall–Kier alpha value is -2.39. The topological polar surface area (TPSA) is 92.7 Å². The van der Waals surface area contributed by atoms with Crippen LogP contribution < -0.4 is 0 Å². The lowest BCUT2D eigenvalue weighted by Gasteiger charge is -2.45. The molecule has 3 aromatic rings. The quantitative estimate of drug-likeness (QED) is 0.212. The zero-order chi connectivity index (χ0) is 28.9. The van der Waals surface area contributed by atoms with E-state index in [0.717, 1.165) is 16.7 Å². The van der Waals surface area contributed by atoms with Gasteiger partial charge in [0.1, 0.15) is 24.4 Å². The van der Waals surface area contributed by atoms with Crippen molar-refractivity contribution in [3.63, 3.8) is 0 Å². The third-order valence-electron chi connectivity index (χ3n) is 6.78. The van der Waals surface area contributed by atoms with Gasteiger partial charge in [0.15, 0.2) is 0 Å². The molecule has 1 N–H and O–H groups in total. The maximum Gasteiger partial charge on any atom is 0.333 e. The van der Waals surface area contributed by atoms with E-state index in [-0.39, 0.29) is 32.6 Å². The normalized spacial score (nSPS) is 23.0. The first kappa shape index (κ1) is 31.5. The van der Waals surface area contributed by atoms with E-state index in [0.29, 0.717) is 13.2 Å². The molecule has 4 rings (SSSR count). The maximum absolute atomic E-state index is 13.5. The summed E-state index contributed by atoms with van der Waals surface area (Å²) in [5, 5.41) is 11.6. The fraction of sp³-hybridized carbons (Fsp3) is 0.438. The zero-order valence-electron chi connectivity index (χ0n) is 23.7. The van der Waals surface area contributed by atoms with Crippen LogP contribution >= 0.6 is 7.60 Å². The number of ether oxygens (including phenoxy) is 4. The predicted octanol–water partition coefficient (Wildman–Crippen LogP) is 5.77. The lowest BCUT2D eigenvalue weighted by Crippen LogP contribution is -2.61. The Morgan fingerprint density at radius 3 is 1.63 bits per heavy atom. The monoisotopic (exact) mass is 584 g/mol. The van der Waals surface area contributed by atoms with Gasteiger partial charge in [-0.3, -0.25) is 4.57 Å². The Labute approximate surface area is 243 Å². The molecule has 0 aliphatic carbocycles. The van der Waals surface area contributed by atoms with E-state index >= 15 is 0 Å². The van der Waals surface area contributed by atoms with E-state index in [1.807, 2.05) is 91.0 Å². The van der Waals surface area contributed by atoms with Crippen molar-refractivity contribution in [1.29, 1.82) is 0 Å². The van der Waals surface area contributed by atoms with Crippen LogP contribution in [0.25, 0.3) is 0 Å².